The largest absolute Gasteiger partial charge is 0.316 e. The third-order valence-electron chi connectivity index (χ3n) is 4.43. The maximum atomic E-state index is 3.60. The van der Waals surface area contributed by atoms with Crippen LogP contribution in [0.5, 0.6) is 0 Å². The Balaban J connectivity index is 2.24. The zero-order valence-electron chi connectivity index (χ0n) is 13.2. The first kappa shape index (κ1) is 16.0. The molecule has 1 fully saturated rings. The predicted octanol–water partition coefficient (Wildman–Crippen LogP) is 3.38. The average Bonchev–Trinajstić information content (AvgIpc) is 2.76. The molecule has 3 unspecified atom stereocenters. The third kappa shape index (κ3) is 5.27. The normalized spacial score (nSPS) is 24.7. The molecule has 0 bridgehead atoms. The molecule has 0 amide bonds. The van der Waals surface area contributed by atoms with Crippen molar-refractivity contribution in [2.75, 3.05) is 26.2 Å². The third-order valence-corrected chi connectivity index (χ3v) is 4.43. The van der Waals surface area contributed by atoms with E-state index >= 15 is 0 Å². The maximum absolute atomic E-state index is 3.60. The van der Waals surface area contributed by atoms with Crippen molar-refractivity contribution in [3.05, 3.63) is 0 Å². The van der Waals surface area contributed by atoms with Gasteiger partial charge in [0.2, 0.25) is 0 Å². The van der Waals surface area contributed by atoms with Crippen molar-refractivity contribution in [1.82, 2.24) is 10.2 Å². The molecule has 1 heterocycles. The van der Waals surface area contributed by atoms with Gasteiger partial charge in [-0.25, -0.2) is 0 Å². The van der Waals surface area contributed by atoms with Gasteiger partial charge in [-0.2, -0.15) is 0 Å². The van der Waals surface area contributed by atoms with E-state index in [2.05, 4.69) is 44.8 Å². The molecule has 0 aromatic heterocycles. The fourth-order valence-electron chi connectivity index (χ4n) is 3.01. The lowest BCUT2D eigenvalue weighted by atomic mass is 10.0. The molecule has 18 heavy (non-hydrogen) atoms. The molecular formula is C16H34N2. The number of rotatable bonds is 8. The lowest BCUT2D eigenvalue weighted by Crippen LogP contribution is -2.40. The quantitative estimate of drug-likeness (QED) is 0.714. The van der Waals surface area contributed by atoms with Crippen LogP contribution in [0.4, 0.5) is 0 Å². The molecule has 108 valence electrons. The summed E-state index contributed by atoms with van der Waals surface area (Å²) in [7, 11) is 0. The lowest BCUT2D eigenvalue weighted by Gasteiger charge is -2.30. The Morgan fingerprint density at radius 1 is 1.17 bits per heavy atom. The molecule has 0 aromatic carbocycles. The van der Waals surface area contributed by atoms with Gasteiger partial charge in [-0.3, -0.25) is 0 Å². The standard InChI is InChI=1S/C16H34N2/c1-6-7-16-8-9-18(12-16)15(5)14(4)11-17-10-13(2)3/h13-17H,6-12H2,1-5H3. The first-order valence-corrected chi connectivity index (χ1v) is 7.99. The van der Waals surface area contributed by atoms with E-state index in [-0.39, 0.29) is 0 Å². The van der Waals surface area contributed by atoms with Crippen molar-refractivity contribution in [3.63, 3.8) is 0 Å². The maximum Gasteiger partial charge on any atom is 0.0105 e. The van der Waals surface area contributed by atoms with Gasteiger partial charge in [-0.1, -0.05) is 34.1 Å². The van der Waals surface area contributed by atoms with Crippen LogP contribution < -0.4 is 5.32 Å². The topological polar surface area (TPSA) is 15.3 Å². The summed E-state index contributed by atoms with van der Waals surface area (Å²) >= 11 is 0. The summed E-state index contributed by atoms with van der Waals surface area (Å²) in [5.74, 6) is 2.48. The Morgan fingerprint density at radius 2 is 1.89 bits per heavy atom. The summed E-state index contributed by atoms with van der Waals surface area (Å²) < 4.78 is 0. The lowest BCUT2D eigenvalue weighted by molar-refractivity contribution is 0.187. The fraction of sp³-hybridized carbons (Fsp3) is 1.00. The second-order valence-electron chi connectivity index (χ2n) is 6.71. The minimum atomic E-state index is 0.728. The van der Waals surface area contributed by atoms with E-state index in [9.17, 15) is 0 Å². The molecule has 1 rings (SSSR count). The van der Waals surface area contributed by atoms with E-state index < -0.39 is 0 Å². The first-order chi connectivity index (χ1) is 8.54. The van der Waals surface area contributed by atoms with Crippen molar-refractivity contribution in [3.8, 4) is 0 Å². The van der Waals surface area contributed by atoms with Crippen LogP contribution in [0.3, 0.4) is 0 Å². The van der Waals surface area contributed by atoms with Gasteiger partial charge in [0.05, 0.1) is 0 Å². The summed E-state index contributed by atoms with van der Waals surface area (Å²) in [6, 6.07) is 0.728. The van der Waals surface area contributed by atoms with Gasteiger partial charge < -0.3 is 10.2 Å². The first-order valence-electron chi connectivity index (χ1n) is 7.99. The minimum Gasteiger partial charge on any atom is -0.316 e. The second-order valence-corrected chi connectivity index (χ2v) is 6.71. The summed E-state index contributed by atoms with van der Waals surface area (Å²) in [5, 5.41) is 3.60. The van der Waals surface area contributed by atoms with Crippen LogP contribution in [0, 0.1) is 17.8 Å². The molecular weight excluding hydrogens is 220 g/mol. The molecule has 0 radical (unpaired) electrons. The molecule has 1 aliphatic rings. The summed E-state index contributed by atoms with van der Waals surface area (Å²) in [5.41, 5.74) is 0. The van der Waals surface area contributed by atoms with Crippen LogP contribution in [0.1, 0.15) is 53.9 Å². The van der Waals surface area contributed by atoms with Gasteiger partial charge in [-0.05, 0) is 57.2 Å². The molecule has 0 aliphatic carbocycles. The van der Waals surface area contributed by atoms with Crippen molar-refractivity contribution in [2.45, 2.75) is 59.9 Å². The van der Waals surface area contributed by atoms with Gasteiger partial charge >= 0.3 is 0 Å². The molecule has 1 aliphatic heterocycles. The smallest absolute Gasteiger partial charge is 0.0105 e. The highest BCUT2D eigenvalue weighted by Crippen LogP contribution is 2.24. The Bertz CT molecular complexity index is 215. The van der Waals surface area contributed by atoms with Crippen LogP contribution in [0.15, 0.2) is 0 Å². The van der Waals surface area contributed by atoms with Crippen molar-refractivity contribution >= 4 is 0 Å². The monoisotopic (exact) mass is 254 g/mol. The van der Waals surface area contributed by atoms with Crippen molar-refractivity contribution in [1.29, 1.82) is 0 Å². The molecule has 2 heteroatoms. The van der Waals surface area contributed by atoms with Gasteiger partial charge in [0.1, 0.15) is 0 Å². The zero-order valence-corrected chi connectivity index (χ0v) is 13.2. The highest BCUT2D eigenvalue weighted by Gasteiger charge is 2.27. The van der Waals surface area contributed by atoms with E-state index in [0.29, 0.717) is 0 Å². The van der Waals surface area contributed by atoms with Gasteiger partial charge in [0, 0.05) is 12.6 Å². The molecule has 2 nitrogen and oxygen atoms in total. The van der Waals surface area contributed by atoms with E-state index in [1.54, 1.807) is 0 Å². The van der Waals surface area contributed by atoms with E-state index in [4.69, 9.17) is 0 Å². The number of hydrogen-bond acceptors (Lipinski definition) is 2. The number of nitrogens with zero attached hydrogens (tertiary/aromatic N) is 1. The van der Waals surface area contributed by atoms with Crippen LogP contribution >= 0.6 is 0 Å². The predicted molar refractivity (Wildman–Crippen MR) is 80.9 cm³/mol. The highest BCUT2D eigenvalue weighted by molar-refractivity contribution is 4.82. The molecule has 0 saturated carbocycles. The van der Waals surface area contributed by atoms with Gasteiger partial charge in [0.25, 0.3) is 0 Å². The van der Waals surface area contributed by atoms with Crippen molar-refractivity contribution < 1.29 is 0 Å². The van der Waals surface area contributed by atoms with Gasteiger partial charge in [0.15, 0.2) is 0 Å². The van der Waals surface area contributed by atoms with Crippen LogP contribution in [-0.4, -0.2) is 37.1 Å². The zero-order chi connectivity index (χ0) is 13.5. The Labute approximate surface area is 115 Å². The minimum absolute atomic E-state index is 0.728. The molecule has 3 atom stereocenters. The van der Waals surface area contributed by atoms with E-state index in [1.165, 1.54) is 32.4 Å². The second kappa shape index (κ2) is 8.16. The van der Waals surface area contributed by atoms with Gasteiger partial charge in [-0.15, -0.1) is 0 Å². The average molecular weight is 254 g/mol. The number of likely N-dealkylation sites (tertiary alicyclic amines) is 1. The summed E-state index contributed by atoms with van der Waals surface area (Å²) in [4.78, 5) is 2.71. The number of hydrogen-bond donors (Lipinski definition) is 1. The Hall–Kier alpha value is -0.0800. The highest BCUT2D eigenvalue weighted by atomic mass is 15.2. The summed E-state index contributed by atoms with van der Waals surface area (Å²) in [6.07, 6.45) is 4.19. The van der Waals surface area contributed by atoms with Crippen molar-refractivity contribution in [2.24, 2.45) is 17.8 Å². The fourth-order valence-corrected chi connectivity index (χ4v) is 3.01. The molecule has 0 spiro atoms. The molecule has 1 saturated heterocycles. The van der Waals surface area contributed by atoms with E-state index in [0.717, 1.165) is 36.9 Å². The molecule has 1 N–H and O–H groups in total. The Kier molecular flexibility index (Phi) is 7.25. The van der Waals surface area contributed by atoms with Crippen LogP contribution in [0.2, 0.25) is 0 Å². The van der Waals surface area contributed by atoms with Crippen LogP contribution in [-0.2, 0) is 0 Å². The molecule has 0 aromatic rings. The SMILES string of the molecule is CCCC1CCN(C(C)C(C)CNCC(C)C)C1. The Morgan fingerprint density at radius 3 is 2.50 bits per heavy atom. The van der Waals surface area contributed by atoms with Crippen LogP contribution in [0.25, 0.3) is 0 Å². The summed E-state index contributed by atoms with van der Waals surface area (Å²) in [6.45, 7) is 16.6. The van der Waals surface area contributed by atoms with E-state index in [1.807, 2.05) is 0 Å². The number of nitrogens with one attached hydrogen (secondary N) is 1.